The fraction of sp³-hybridized carbons (Fsp3) is 0.583. The van der Waals surface area contributed by atoms with Gasteiger partial charge in [-0.3, -0.25) is 4.98 Å². The number of hydrogen-bond acceptors (Lipinski definition) is 6. The fourth-order valence-corrected chi connectivity index (χ4v) is 3.28. The van der Waals surface area contributed by atoms with Crippen LogP contribution in [0.25, 0.3) is 0 Å². The molecule has 21 heavy (non-hydrogen) atoms. The Morgan fingerprint density at radius 2 is 2.24 bits per heavy atom. The number of rotatable bonds is 5. The van der Waals surface area contributed by atoms with E-state index in [2.05, 4.69) is 4.98 Å². The van der Waals surface area contributed by atoms with Crippen LogP contribution in [0.5, 0.6) is 5.75 Å². The molecule has 1 unspecified atom stereocenters. The highest BCUT2D eigenvalue weighted by Gasteiger charge is 2.26. The zero-order valence-electron chi connectivity index (χ0n) is 11.8. The van der Waals surface area contributed by atoms with E-state index in [-0.39, 0.29) is 11.4 Å². The fourth-order valence-electron chi connectivity index (χ4n) is 2.33. The van der Waals surface area contributed by atoms with Gasteiger partial charge in [-0.1, -0.05) is 0 Å². The Morgan fingerprint density at radius 1 is 1.48 bits per heavy atom. The third kappa shape index (κ3) is 4.67. The molecule has 0 spiro atoms. The maximum Gasteiger partial charge on any atom is 0.490 e. The number of aromatic nitrogens is 1. The zero-order valence-corrected chi connectivity index (χ0v) is 12.7. The minimum Gasteiger partial charge on any atom is -0.492 e. The van der Waals surface area contributed by atoms with E-state index in [4.69, 9.17) is 14.8 Å². The summed E-state index contributed by atoms with van der Waals surface area (Å²) in [4.78, 5) is 3.87. The highest BCUT2D eigenvalue weighted by Crippen LogP contribution is 2.19. The first-order valence-corrected chi connectivity index (χ1v) is 8.60. The molecule has 2 heterocycles. The molecule has 0 radical (unpaired) electrons. The first-order chi connectivity index (χ1) is 9.86. The van der Waals surface area contributed by atoms with E-state index < -0.39 is 17.1 Å². The molecule has 1 fully saturated rings. The van der Waals surface area contributed by atoms with E-state index in [1.807, 2.05) is 0 Å². The van der Waals surface area contributed by atoms with Crippen LogP contribution in [0.1, 0.15) is 12.8 Å². The lowest BCUT2D eigenvalue weighted by molar-refractivity contribution is 0.180. The molecule has 2 N–H and O–H groups in total. The van der Waals surface area contributed by atoms with Crippen molar-refractivity contribution in [1.82, 2.24) is 9.29 Å². The van der Waals surface area contributed by atoms with E-state index in [0.29, 0.717) is 25.4 Å². The zero-order chi connectivity index (χ0) is 15.5. The summed E-state index contributed by atoms with van der Waals surface area (Å²) < 4.78 is 30.2. The summed E-state index contributed by atoms with van der Waals surface area (Å²) >= 11 is 0. The molecule has 1 atom stereocenters. The van der Waals surface area contributed by atoms with Gasteiger partial charge in [0.05, 0.1) is 19.1 Å². The molecular weight excluding hydrogens is 295 g/mol. The molecule has 116 valence electrons. The second-order valence-corrected chi connectivity index (χ2v) is 7.25. The van der Waals surface area contributed by atoms with Crippen molar-refractivity contribution in [1.29, 1.82) is 0 Å². The molecule has 0 bridgehead atoms. The molecule has 1 aromatic heterocycles. The van der Waals surface area contributed by atoms with Gasteiger partial charge < -0.3 is 14.8 Å². The standard InChI is InChI=1S/C12H19BN2O5S/c1-21(18,19)15-4-2-3-10(8-15)9-20-12-5-11(13(16)17)6-14-7-12/h5-7,10,16-17H,2-4,8-9H2,1H3. The maximum absolute atomic E-state index is 11.5. The Bertz CT molecular complexity index is 581. The molecule has 0 aromatic carbocycles. The molecule has 1 aliphatic rings. The lowest BCUT2D eigenvalue weighted by Gasteiger charge is -2.30. The van der Waals surface area contributed by atoms with Crippen LogP contribution in [-0.4, -0.2) is 60.8 Å². The van der Waals surface area contributed by atoms with Gasteiger partial charge in [0.25, 0.3) is 0 Å². The summed E-state index contributed by atoms with van der Waals surface area (Å²) in [5.41, 5.74) is 0.258. The molecule has 0 saturated carbocycles. The van der Waals surface area contributed by atoms with Crippen molar-refractivity contribution in [2.75, 3.05) is 26.0 Å². The SMILES string of the molecule is CS(=O)(=O)N1CCCC(COc2cncc(B(O)O)c2)C1. The molecule has 2 rings (SSSR count). The topological polar surface area (TPSA) is 100.0 Å². The average molecular weight is 314 g/mol. The molecule has 0 aliphatic carbocycles. The van der Waals surface area contributed by atoms with Crippen LogP contribution >= 0.6 is 0 Å². The van der Waals surface area contributed by atoms with Crippen LogP contribution in [0, 0.1) is 5.92 Å². The van der Waals surface area contributed by atoms with Gasteiger partial charge in [0.1, 0.15) is 5.75 Å². The summed E-state index contributed by atoms with van der Waals surface area (Å²) in [7, 11) is -4.75. The first kappa shape index (κ1) is 16.2. The summed E-state index contributed by atoms with van der Waals surface area (Å²) in [6.45, 7) is 1.39. The van der Waals surface area contributed by atoms with Gasteiger partial charge in [-0.15, -0.1) is 0 Å². The number of pyridine rings is 1. The van der Waals surface area contributed by atoms with E-state index in [1.165, 1.54) is 29.0 Å². The molecule has 1 aliphatic heterocycles. The average Bonchev–Trinajstić information content (AvgIpc) is 2.45. The second-order valence-electron chi connectivity index (χ2n) is 5.27. The summed E-state index contributed by atoms with van der Waals surface area (Å²) in [5.74, 6) is 0.563. The van der Waals surface area contributed by atoms with E-state index in [1.54, 1.807) is 0 Å². The van der Waals surface area contributed by atoms with Crippen molar-refractivity contribution in [3.63, 3.8) is 0 Å². The minimum atomic E-state index is -3.16. The Balaban J connectivity index is 1.92. The van der Waals surface area contributed by atoms with Crippen molar-refractivity contribution in [3.8, 4) is 5.75 Å². The Morgan fingerprint density at radius 3 is 2.90 bits per heavy atom. The van der Waals surface area contributed by atoms with Crippen LogP contribution in [0.4, 0.5) is 0 Å². The van der Waals surface area contributed by atoms with Gasteiger partial charge >= 0.3 is 7.12 Å². The number of hydrogen-bond donors (Lipinski definition) is 2. The molecule has 0 amide bonds. The lowest BCUT2D eigenvalue weighted by Crippen LogP contribution is -2.41. The lowest BCUT2D eigenvalue weighted by atomic mass is 9.82. The Hall–Kier alpha value is -1.16. The predicted octanol–water partition coefficient (Wildman–Crippen LogP) is -1.19. The van der Waals surface area contributed by atoms with Gasteiger partial charge in [-0.05, 0) is 18.9 Å². The predicted molar refractivity (Wildman–Crippen MR) is 78.7 cm³/mol. The Kier molecular flexibility index (Phi) is 5.20. The second kappa shape index (κ2) is 6.74. The van der Waals surface area contributed by atoms with Crippen LogP contribution in [0.3, 0.4) is 0 Å². The van der Waals surface area contributed by atoms with Gasteiger partial charge in [-0.2, -0.15) is 0 Å². The van der Waals surface area contributed by atoms with Gasteiger partial charge in [0.2, 0.25) is 10.0 Å². The van der Waals surface area contributed by atoms with Gasteiger partial charge in [0.15, 0.2) is 0 Å². The van der Waals surface area contributed by atoms with Crippen LogP contribution in [0.15, 0.2) is 18.5 Å². The normalized spacial score (nSPS) is 20.2. The summed E-state index contributed by atoms with van der Waals surface area (Å²) in [6, 6.07) is 1.51. The summed E-state index contributed by atoms with van der Waals surface area (Å²) in [5, 5.41) is 18.2. The molecule has 7 nitrogen and oxygen atoms in total. The first-order valence-electron chi connectivity index (χ1n) is 6.75. The van der Waals surface area contributed by atoms with Crippen molar-refractivity contribution in [2.45, 2.75) is 12.8 Å². The third-order valence-corrected chi connectivity index (χ3v) is 4.74. The largest absolute Gasteiger partial charge is 0.492 e. The number of sulfonamides is 1. The van der Waals surface area contributed by atoms with Crippen LogP contribution < -0.4 is 10.2 Å². The number of ether oxygens (including phenoxy) is 1. The van der Waals surface area contributed by atoms with Crippen molar-refractivity contribution in [2.24, 2.45) is 5.92 Å². The number of piperidine rings is 1. The van der Waals surface area contributed by atoms with Crippen LogP contribution in [0.2, 0.25) is 0 Å². The highest BCUT2D eigenvalue weighted by molar-refractivity contribution is 7.88. The monoisotopic (exact) mass is 314 g/mol. The molecule has 1 aromatic rings. The van der Waals surface area contributed by atoms with Crippen molar-refractivity contribution < 1.29 is 23.2 Å². The highest BCUT2D eigenvalue weighted by atomic mass is 32.2. The van der Waals surface area contributed by atoms with E-state index >= 15 is 0 Å². The van der Waals surface area contributed by atoms with Crippen LogP contribution in [-0.2, 0) is 10.0 Å². The van der Waals surface area contributed by atoms with Gasteiger partial charge in [0, 0.05) is 30.7 Å². The summed E-state index contributed by atoms with van der Waals surface area (Å²) in [6.07, 6.45) is 5.77. The maximum atomic E-state index is 11.5. The van der Waals surface area contributed by atoms with Crippen molar-refractivity contribution >= 4 is 22.6 Å². The van der Waals surface area contributed by atoms with E-state index in [9.17, 15) is 8.42 Å². The molecular formula is C12H19BN2O5S. The molecule has 1 saturated heterocycles. The quantitative estimate of drug-likeness (QED) is 0.663. The smallest absolute Gasteiger partial charge is 0.490 e. The van der Waals surface area contributed by atoms with Crippen molar-refractivity contribution in [3.05, 3.63) is 18.5 Å². The van der Waals surface area contributed by atoms with E-state index in [0.717, 1.165) is 12.8 Å². The molecule has 9 heteroatoms. The van der Waals surface area contributed by atoms with Gasteiger partial charge in [-0.25, -0.2) is 12.7 Å². The minimum absolute atomic E-state index is 0.121. The number of nitrogens with zero attached hydrogens (tertiary/aromatic N) is 2. The third-order valence-electron chi connectivity index (χ3n) is 3.47. The Labute approximate surface area is 124 Å².